The third kappa shape index (κ3) is 4.67. The van der Waals surface area contributed by atoms with Gasteiger partial charge < -0.3 is 0 Å². The molecule has 2 rings (SSSR count). The van der Waals surface area contributed by atoms with Crippen LogP contribution in [-0.2, 0) is 32.7 Å². The predicted molar refractivity (Wildman–Crippen MR) is 79.1 cm³/mol. The zero-order chi connectivity index (χ0) is 12.1. The van der Waals surface area contributed by atoms with E-state index < -0.39 is 0 Å². The van der Waals surface area contributed by atoms with Crippen molar-refractivity contribution in [2.45, 2.75) is 13.3 Å². The first-order chi connectivity index (χ1) is 8.33. The van der Waals surface area contributed by atoms with Crippen LogP contribution < -0.4 is 0 Å². The third-order valence-corrected chi connectivity index (χ3v) is 2.70. The summed E-state index contributed by atoms with van der Waals surface area (Å²) < 4.78 is 0. The van der Waals surface area contributed by atoms with Crippen LogP contribution in [0.1, 0.15) is 30.0 Å². The van der Waals surface area contributed by atoms with Crippen LogP contribution >= 0.6 is 0 Å². The summed E-state index contributed by atoms with van der Waals surface area (Å²) >= 11 is 0. The van der Waals surface area contributed by atoms with Gasteiger partial charge in [-0.15, -0.1) is 35.4 Å². The summed E-state index contributed by atoms with van der Waals surface area (Å²) in [4.78, 5) is 0. The molecule has 0 bridgehead atoms. The number of hydrogen-bond donors (Lipinski definition) is 0. The molecular weight excluding hydrogens is 304 g/mol. The molecule has 0 fully saturated rings. The van der Waals surface area contributed by atoms with Crippen molar-refractivity contribution in [1.82, 2.24) is 0 Å². The molecule has 0 aliphatic carbocycles. The molecular formula is C17H16BY-2. The van der Waals surface area contributed by atoms with Crippen molar-refractivity contribution in [2.75, 3.05) is 0 Å². The number of allylic oxidation sites excluding steroid dienone is 1. The van der Waals surface area contributed by atoms with Crippen LogP contribution in [0, 0.1) is 13.0 Å². The van der Waals surface area contributed by atoms with Gasteiger partial charge in [0.2, 0.25) is 0 Å². The first kappa shape index (κ1) is 18.2. The minimum Gasteiger partial charge on any atom is -0.200 e. The minimum atomic E-state index is 0. The first-order valence-electron chi connectivity index (χ1n) is 5.90. The molecule has 92 valence electrons. The van der Waals surface area contributed by atoms with Gasteiger partial charge in [0.25, 0.3) is 0 Å². The van der Waals surface area contributed by atoms with Gasteiger partial charge in [-0.05, 0) is 0 Å². The fourth-order valence-corrected chi connectivity index (χ4v) is 1.90. The Kier molecular flexibility index (Phi) is 8.80. The molecule has 0 aliphatic rings. The zero-order valence-electron chi connectivity index (χ0n) is 11.3. The van der Waals surface area contributed by atoms with E-state index in [0.717, 1.165) is 17.6 Å². The molecule has 19 heavy (non-hydrogen) atoms. The van der Waals surface area contributed by atoms with Crippen molar-refractivity contribution in [2.24, 2.45) is 0 Å². The quantitative estimate of drug-likeness (QED) is 0.589. The van der Waals surface area contributed by atoms with Gasteiger partial charge in [-0.2, -0.15) is 24.1 Å². The summed E-state index contributed by atoms with van der Waals surface area (Å²) in [5.74, 6) is 0. The van der Waals surface area contributed by atoms with E-state index in [4.69, 9.17) is 0 Å². The Bertz CT molecular complexity index is 518. The Morgan fingerprint density at radius 3 is 2.16 bits per heavy atom. The van der Waals surface area contributed by atoms with E-state index in [2.05, 4.69) is 50.3 Å². The molecule has 0 amide bonds. The van der Waals surface area contributed by atoms with Gasteiger partial charge in [0.1, 0.15) is 0 Å². The van der Waals surface area contributed by atoms with Crippen molar-refractivity contribution in [3.05, 3.63) is 84.3 Å². The van der Waals surface area contributed by atoms with E-state index in [1.165, 1.54) is 11.1 Å². The summed E-state index contributed by atoms with van der Waals surface area (Å²) in [7, 11) is 0. The summed E-state index contributed by atoms with van der Waals surface area (Å²) in [5.41, 5.74) is 4.57. The van der Waals surface area contributed by atoms with Crippen molar-refractivity contribution in [1.29, 1.82) is 0 Å². The van der Waals surface area contributed by atoms with E-state index in [0.29, 0.717) is 0 Å². The van der Waals surface area contributed by atoms with E-state index >= 15 is 0 Å². The average Bonchev–Trinajstić information content (AvgIpc) is 2.38. The van der Waals surface area contributed by atoms with Crippen LogP contribution in [-0.4, -0.2) is 8.41 Å². The van der Waals surface area contributed by atoms with Gasteiger partial charge in [0.15, 0.2) is 0 Å². The second-order valence-electron chi connectivity index (χ2n) is 3.93. The van der Waals surface area contributed by atoms with Crippen LogP contribution in [0.15, 0.2) is 54.6 Å². The monoisotopic (exact) mass is 320 g/mol. The molecule has 0 N–H and O–H groups in total. The topological polar surface area (TPSA) is 0 Å². The van der Waals surface area contributed by atoms with Gasteiger partial charge in [-0.25, -0.2) is 6.08 Å². The normalized spacial score (nSPS) is 10.3. The minimum absolute atomic E-state index is 0. The largest absolute Gasteiger partial charge is 0.200 e. The van der Waals surface area contributed by atoms with Gasteiger partial charge in [-0.1, -0.05) is 37.6 Å². The fourth-order valence-electron chi connectivity index (χ4n) is 1.90. The molecule has 0 saturated heterocycles. The number of rotatable bonds is 3. The van der Waals surface area contributed by atoms with Crippen LogP contribution in [0.2, 0.25) is 0 Å². The standard InChI is InChI=1S/C17H16.B.Y/c1-3-9-17(15-11-5-4-6-12-15)16-13-8-7-10-14(16)2;;/h4-8,10-13H,2-3H2,1H3;;/q-2;;. The molecule has 2 heteroatoms. The smallest absolute Gasteiger partial charge is 0 e. The molecule has 4 radical (unpaired) electrons. The van der Waals surface area contributed by atoms with Gasteiger partial charge >= 0.3 is 0 Å². The van der Waals surface area contributed by atoms with Crippen LogP contribution in [0.3, 0.4) is 0 Å². The molecule has 2 aromatic rings. The summed E-state index contributed by atoms with van der Waals surface area (Å²) in [6.45, 7) is 6.19. The summed E-state index contributed by atoms with van der Waals surface area (Å²) in [5, 5.41) is 0. The summed E-state index contributed by atoms with van der Waals surface area (Å²) in [6, 6.07) is 18.6. The van der Waals surface area contributed by atoms with Crippen molar-refractivity contribution >= 4 is 14.0 Å². The van der Waals surface area contributed by atoms with E-state index in [1.54, 1.807) is 0 Å². The van der Waals surface area contributed by atoms with Gasteiger partial charge in [0, 0.05) is 41.1 Å². The predicted octanol–water partition coefficient (Wildman–Crippen LogP) is 4.13. The first-order valence-corrected chi connectivity index (χ1v) is 5.90. The Morgan fingerprint density at radius 1 is 1.00 bits per heavy atom. The van der Waals surface area contributed by atoms with Gasteiger partial charge in [0.05, 0.1) is 0 Å². The zero-order valence-corrected chi connectivity index (χ0v) is 14.1. The summed E-state index contributed by atoms with van der Waals surface area (Å²) in [6.07, 6.45) is 4.33. The van der Waals surface area contributed by atoms with Crippen LogP contribution in [0.4, 0.5) is 0 Å². The Morgan fingerprint density at radius 2 is 1.58 bits per heavy atom. The molecule has 0 spiro atoms. The van der Waals surface area contributed by atoms with Gasteiger partial charge in [-0.3, -0.25) is 0 Å². The molecule has 0 aliphatic heterocycles. The maximum atomic E-state index is 4.09. The molecule has 0 heterocycles. The Hall–Kier alpha value is -0.781. The van der Waals surface area contributed by atoms with E-state index in [-0.39, 0.29) is 41.1 Å². The van der Waals surface area contributed by atoms with E-state index in [1.807, 2.05) is 24.3 Å². The molecule has 0 nitrogen and oxygen atoms in total. The maximum absolute atomic E-state index is 4.09. The van der Waals surface area contributed by atoms with Crippen molar-refractivity contribution in [3.63, 3.8) is 0 Å². The molecule has 0 unspecified atom stereocenters. The maximum Gasteiger partial charge on any atom is 0 e. The average molecular weight is 320 g/mol. The van der Waals surface area contributed by atoms with Crippen molar-refractivity contribution < 1.29 is 32.7 Å². The van der Waals surface area contributed by atoms with Crippen LogP contribution in [0.5, 0.6) is 0 Å². The van der Waals surface area contributed by atoms with Crippen molar-refractivity contribution in [3.8, 4) is 0 Å². The Labute approximate surface area is 143 Å². The molecule has 0 saturated carbocycles. The molecule has 0 aromatic heterocycles. The Balaban J connectivity index is 0.00000162. The third-order valence-electron chi connectivity index (χ3n) is 2.70. The van der Waals surface area contributed by atoms with Crippen LogP contribution in [0.25, 0.3) is 5.57 Å². The number of benzene rings is 2. The SMILES string of the molecule is [B].[CH2-]c1ccccc1C(=[C-]CC)c1ccccc1.[Y]. The second-order valence-corrected chi connectivity index (χ2v) is 3.93. The fraction of sp³-hybridized carbons (Fsp3) is 0.118. The van der Waals surface area contributed by atoms with E-state index in [9.17, 15) is 0 Å². The number of hydrogen-bond acceptors (Lipinski definition) is 0. The second kappa shape index (κ2) is 9.17. The molecule has 2 aromatic carbocycles. The molecule has 0 atom stereocenters.